The molecule has 7 nitrogen and oxygen atoms in total. The lowest BCUT2D eigenvalue weighted by molar-refractivity contribution is -0.132. The van der Waals surface area contributed by atoms with Gasteiger partial charge in [0.25, 0.3) is 5.56 Å². The quantitative estimate of drug-likeness (QED) is 0.746. The summed E-state index contributed by atoms with van der Waals surface area (Å²) in [5.41, 5.74) is 2.46. The van der Waals surface area contributed by atoms with Crippen molar-refractivity contribution in [3.05, 3.63) is 81.4 Å². The van der Waals surface area contributed by atoms with E-state index in [0.29, 0.717) is 50.4 Å². The monoisotopic (exact) mass is 364 g/mol. The van der Waals surface area contributed by atoms with Crippen LogP contribution in [0.1, 0.15) is 35.0 Å². The zero-order valence-electron chi connectivity index (χ0n) is 14.9. The van der Waals surface area contributed by atoms with Crippen LogP contribution in [0.5, 0.6) is 0 Å². The molecule has 3 aromatic rings. The maximum atomic E-state index is 12.5. The maximum absolute atomic E-state index is 12.5. The third kappa shape index (κ3) is 4.13. The van der Waals surface area contributed by atoms with E-state index in [9.17, 15) is 9.59 Å². The van der Waals surface area contributed by atoms with Gasteiger partial charge in [-0.2, -0.15) is 5.10 Å². The fourth-order valence-electron chi connectivity index (χ4n) is 3.22. The highest BCUT2D eigenvalue weighted by molar-refractivity contribution is 5.76. The third-order valence-corrected chi connectivity index (χ3v) is 4.65. The van der Waals surface area contributed by atoms with Crippen molar-refractivity contribution in [1.82, 2.24) is 20.1 Å². The molecule has 0 bridgehead atoms. The summed E-state index contributed by atoms with van der Waals surface area (Å²) in [7, 11) is 0. The first-order valence-electron chi connectivity index (χ1n) is 9.01. The van der Waals surface area contributed by atoms with Gasteiger partial charge in [-0.3, -0.25) is 9.59 Å². The Morgan fingerprint density at radius 2 is 2.04 bits per heavy atom. The summed E-state index contributed by atoms with van der Waals surface area (Å²) >= 11 is 0. The smallest absolute Gasteiger partial charge is 0.264 e. The molecule has 0 saturated heterocycles. The Kier molecular flexibility index (Phi) is 4.82. The number of benzene rings is 1. The molecule has 1 N–H and O–H groups in total. The molecule has 1 amide bonds. The lowest BCUT2D eigenvalue weighted by Crippen LogP contribution is -2.36. The fraction of sp³-hybridized carbons (Fsp3) is 0.300. The number of aromatic nitrogens is 3. The summed E-state index contributed by atoms with van der Waals surface area (Å²) in [5, 5.41) is 6.32. The second kappa shape index (κ2) is 7.57. The van der Waals surface area contributed by atoms with Gasteiger partial charge in [0, 0.05) is 38.3 Å². The van der Waals surface area contributed by atoms with Gasteiger partial charge < -0.3 is 9.32 Å². The zero-order valence-corrected chi connectivity index (χ0v) is 14.9. The molecule has 138 valence electrons. The van der Waals surface area contributed by atoms with Crippen molar-refractivity contribution in [2.24, 2.45) is 0 Å². The highest BCUT2D eigenvalue weighted by Gasteiger charge is 2.25. The van der Waals surface area contributed by atoms with E-state index in [4.69, 9.17) is 4.42 Å². The van der Waals surface area contributed by atoms with Gasteiger partial charge in [-0.1, -0.05) is 30.3 Å². The number of nitrogens with zero attached hydrogens (tertiary/aromatic N) is 3. The van der Waals surface area contributed by atoms with Crippen LogP contribution in [0.4, 0.5) is 0 Å². The van der Waals surface area contributed by atoms with E-state index in [0.717, 1.165) is 17.0 Å². The first-order chi connectivity index (χ1) is 13.2. The van der Waals surface area contributed by atoms with Crippen molar-refractivity contribution in [1.29, 1.82) is 0 Å². The van der Waals surface area contributed by atoms with E-state index in [-0.39, 0.29) is 11.5 Å². The Hall–Kier alpha value is -3.22. The summed E-state index contributed by atoms with van der Waals surface area (Å²) in [6.45, 7) is 1.11. The minimum Gasteiger partial charge on any atom is -0.445 e. The Bertz CT molecular complexity index is 973. The number of H-pyrrole nitrogens is 1. The molecule has 1 aromatic carbocycles. The highest BCUT2D eigenvalue weighted by Crippen LogP contribution is 2.22. The molecule has 0 atom stereocenters. The summed E-state index contributed by atoms with van der Waals surface area (Å²) < 4.78 is 5.89. The highest BCUT2D eigenvalue weighted by atomic mass is 16.4. The molecular formula is C20H20N4O3. The number of hydrogen-bond acceptors (Lipinski definition) is 5. The summed E-state index contributed by atoms with van der Waals surface area (Å²) in [6, 6.07) is 13.1. The van der Waals surface area contributed by atoms with Crippen molar-refractivity contribution in [3.63, 3.8) is 0 Å². The number of amides is 1. The van der Waals surface area contributed by atoms with E-state index in [1.165, 1.54) is 6.07 Å². The Labute approximate surface area is 156 Å². The number of carbonyl (C=O) groups excluding carboxylic acids is 1. The van der Waals surface area contributed by atoms with Gasteiger partial charge in [0.15, 0.2) is 5.89 Å². The Morgan fingerprint density at radius 1 is 1.19 bits per heavy atom. The number of hydrogen-bond donors (Lipinski definition) is 1. The van der Waals surface area contributed by atoms with Gasteiger partial charge in [-0.05, 0) is 11.6 Å². The SMILES string of the molecule is O=C(CCc1ccc(=O)[nH]n1)N1CCc2oc(Cc3ccccc3)nc2C1. The molecule has 0 aliphatic carbocycles. The van der Waals surface area contributed by atoms with E-state index in [1.54, 1.807) is 6.07 Å². The molecule has 3 heterocycles. The molecule has 0 spiro atoms. The average molecular weight is 364 g/mol. The zero-order chi connectivity index (χ0) is 18.6. The van der Waals surface area contributed by atoms with Crippen molar-refractivity contribution < 1.29 is 9.21 Å². The normalized spacial score (nSPS) is 13.4. The van der Waals surface area contributed by atoms with Gasteiger partial charge in [0.2, 0.25) is 5.91 Å². The van der Waals surface area contributed by atoms with E-state index in [1.807, 2.05) is 35.2 Å². The van der Waals surface area contributed by atoms with Crippen LogP contribution in [-0.4, -0.2) is 32.5 Å². The topological polar surface area (TPSA) is 92.1 Å². The van der Waals surface area contributed by atoms with Crippen molar-refractivity contribution in [2.75, 3.05) is 6.54 Å². The molecule has 1 aliphatic rings. The van der Waals surface area contributed by atoms with Crippen LogP contribution in [0.25, 0.3) is 0 Å². The standard InChI is InChI=1S/C20H20N4O3/c25-18-8-6-15(22-23-18)7-9-20(26)24-11-10-17-16(13-24)21-19(27-17)12-14-4-2-1-3-5-14/h1-6,8H,7,9-13H2,(H,23,25). The van der Waals surface area contributed by atoms with E-state index < -0.39 is 0 Å². The lowest BCUT2D eigenvalue weighted by Gasteiger charge is -2.25. The minimum absolute atomic E-state index is 0.0567. The molecule has 4 rings (SSSR count). The van der Waals surface area contributed by atoms with Gasteiger partial charge in [-0.15, -0.1) is 0 Å². The molecule has 7 heteroatoms. The number of carbonyl (C=O) groups is 1. The maximum Gasteiger partial charge on any atom is 0.264 e. The fourth-order valence-corrected chi connectivity index (χ4v) is 3.22. The summed E-state index contributed by atoms with van der Waals surface area (Å²) in [5.74, 6) is 1.63. The van der Waals surface area contributed by atoms with Crippen LogP contribution in [0.2, 0.25) is 0 Å². The van der Waals surface area contributed by atoms with E-state index in [2.05, 4.69) is 15.2 Å². The van der Waals surface area contributed by atoms with Crippen LogP contribution < -0.4 is 5.56 Å². The van der Waals surface area contributed by atoms with Crippen LogP contribution in [0.15, 0.2) is 51.7 Å². The molecule has 0 radical (unpaired) electrons. The molecule has 27 heavy (non-hydrogen) atoms. The van der Waals surface area contributed by atoms with Crippen LogP contribution in [0, 0.1) is 0 Å². The van der Waals surface area contributed by atoms with Gasteiger partial charge in [-0.25, -0.2) is 10.1 Å². The second-order valence-electron chi connectivity index (χ2n) is 6.62. The summed E-state index contributed by atoms with van der Waals surface area (Å²) in [4.78, 5) is 29.9. The number of rotatable bonds is 5. The molecule has 0 fully saturated rings. The van der Waals surface area contributed by atoms with Crippen LogP contribution in [-0.2, 0) is 30.6 Å². The van der Waals surface area contributed by atoms with Crippen LogP contribution >= 0.6 is 0 Å². The van der Waals surface area contributed by atoms with Crippen molar-refractivity contribution in [2.45, 2.75) is 32.2 Å². The number of nitrogens with one attached hydrogen (secondary N) is 1. The predicted octanol–water partition coefficient (Wildman–Crippen LogP) is 1.87. The second-order valence-corrected chi connectivity index (χ2v) is 6.62. The van der Waals surface area contributed by atoms with Gasteiger partial charge in [0.1, 0.15) is 11.5 Å². The molecule has 0 unspecified atom stereocenters. The van der Waals surface area contributed by atoms with Crippen molar-refractivity contribution in [3.8, 4) is 0 Å². The van der Waals surface area contributed by atoms with Gasteiger partial charge >= 0.3 is 0 Å². The predicted molar refractivity (Wildman–Crippen MR) is 98.1 cm³/mol. The lowest BCUT2D eigenvalue weighted by atomic mass is 10.1. The minimum atomic E-state index is -0.244. The van der Waals surface area contributed by atoms with E-state index >= 15 is 0 Å². The number of aryl methyl sites for hydroxylation is 1. The Balaban J connectivity index is 1.36. The first-order valence-corrected chi connectivity index (χ1v) is 9.01. The summed E-state index contributed by atoms with van der Waals surface area (Å²) in [6.07, 6.45) is 2.18. The number of aromatic amines is 1. The Morgan fingerprint density at radius 3 is 2.81 bits per heavy atom. The molecular weight excluding hydrogens is 344 g/mol. The third-order valence-electron chi connectivity index (χ3n) is 4.65. The number of fused-ring (bicyclic) bond motifs is 1. The first kappa shape index (κ1) is 17.2. The average Bonchev–Trinajstić information content (AvgIpc) is 3.09. The molecule has 1 aliphatic heterocycles. The van der Waals surface area contributed by atoms with Crippen LogP contribution in [0.3, 0.4) is 0 Å². The van der Waals surface area contributed by atoms with Crippen molar-refractivity contribution >= 4 is 5.91 Å². The molecule has 0 saturated carbocycles. The number of oxazole rings is 1. The van der Waals surface area contributed by atoms with Gasteiger partial charge in [0.05, 0.1) is 12.2 Å². The largest absolute Gasteiger partial charge is 0.445 e. The molecule has 2 aromatic heterocycles.